The van der Waals surface area contributed by atoms with Crippen LogP contribution in [0.5, 0.6) is 0 Å². The van der Waals surface area contributed by atoms with Crippen LogP contribution in [0.4, 0.5) is 4.39 Å². The highest BCUT2D eigenvalue weighted by molar-refractivity contribution is 5.96. The molecule has 3 aromatic rings. The lowest BCUT2D eigenvalue weighted by Crippen LogP contribution is -2.33. The third-order valence-corrected chi connectivity index (χ3v) is 3.87. The molecule has 3 rings (SSSR count). The molecule has 1 aromatic heterocycles. The highest BCUT2D eigenvalue weighted by Crippen LogP contribution is 2.26. The molecule has 0 saturated carbocycles. The molecule has 6 nitrogen and oxygen atoms in total. The van der Waals surface area contributed by atoms with Crippen LogP contribution in [-0.2, 0) is 0 Å². The van der Waals surface area contributed by atoms with Gasteiger partial charge in [-0.05, 0) is 23.8 Å². The Morgan fingerprint density at radius 2 is 2.00 bits per heavy atom. The quantitative estimate of drug-likeness (QED) is 0.725. The van der Waals surface area contributed by atoms with Gasteiger partial charge in [0, 0.05) is 12.6 Å². The molecule has 0 spiro atoms. The second-order valence-corrected chi connectivity index (χ2v) is 5.46. The molecule has 0 radical (unpaired) electrons. The molecule has 0 fully saturated rings. The number of halogens is 1. The minimum atomic E-state index is -0.688. The number of aromatic nitrogens is 3. The molecular formula is C18H15FN4O2. The molecule has 1 heterocycles. The van der Waals surface area contributed by atoms with Crippen molar-refractivity contribution >= 4 is 12.2 Å². The lowest BCUT2D eigenvalue weighted by Gasteiger charge is -2.27. The maximum absolute atomic E-state index is 14.1. The van der Waals surface area contributed by atoms with Crippen LogP contribution >= 0.6 is 0 Å². The number of H-pyrrole nitrogens is 1. The van der Waals surface area contributed by atoms with Crippen LogP contribution < -0.4 is 0 Å². The molecule has 1 unspecified atom stereocenters. The van der Waals surface area contributed by atoms with E-state index in [0.717, 1.165) is 11.6 Å². The molecule has 2 aromatic carbocycles. The molecule has 126 valence electrons. The Morgan fingerprint density at radius 1 is 1.24 bits per heavy atom. The van der Waals surface area contributed by atoms with Crippen LogP contribution in [0.15, 0.2) is 54.9 Å². The molecule has 0 bridgehead atoms. The third-order valence-electron chi connectivity index (χ3n) is 3.87. The van der Waals surface area contributed by atoms with Gasteiger partial charge < -0.3 is 4.90 Å². The van der Waals surface area contributed by atoms with Crippen molar-refractivity contribution in [3.05, 3.63) is 83.2 Å². The Morgan fingerprint density at radius 3 is 2.64 bits per heavy atom. The van der Waals surface area contributed by atoms with Crippen molar-refractivity contribution in [2.24, 2.45) is 0 Å². The number of hydrogen-bond acceptors (Lipinski definition) is 4. The Bertz CT molecular complexity index is 881. The van der Waals surface area contributed by atoms with Gasteiger partial charge in [0.05, 0.1) is 5.56 Å². The van der Waals surface area contributed by atoms with Gasteiger partial charge in [-0.2, -0.15) is 5.10 Å². The standard InChI is InChI=1S/C18H15FN4O2/c1-23(18(25)14-9-12(10-24)7-8-15(14)19)16(17-20-11-21-22-17)13-5-3-2-4-6-13/h2-11,16H,1H3,(H,20,21,22). The fourth-order valence-electron chi connectivity index (χ4n) is 2.63. The number of nitrogens with one attached hydrogen (secondary N) is 1. The average molecular weight is 338 g/mol. The Labute approximate surface area is 143 Å². The van der Waals surface area contributed by atoms with Crippen molar-refractivity contribution in [3.8, 4) is 0 Å². The predicted octanol–water partition coefficient (Wildman–Crippen LogP) is 2.62. The molecule has 0 aliphatic carbocycles. The van der Waals surface area contributed by atoms with Gasteiger partial charge in [-0.3, -0.25) is 14.7 Å². The summed E-state index contributed by atoms with van der Waals surface area (Å²) in [6.45, 7) is 0. The van der Waals surface area contributed by atoms with E-state index in [-0.39, 0.29) is 11.1 Å². The van der Waals surface area contributed by atoms with E-state index >= 15 is 0 Å². The van der Waals surface area contributed by atoms with E-state index in [0.29, 0.717) is 12.1 Å². The van der Waals surface area contributed by atoms with Crippen LogP contribution in [0.1, 0.15) is 38.1 Å². The fourth-order valence-corrected chi connectivity index (χ4v) is 2.63. The minimum absolute atomic E-state index is 0.174. The number of hydrogen-bond donors (Lipinski definition) is 1. The highest BCUT2D eigenvalue weighted by atomic mass is 19.1. The van der Waals surface area contributed by atoms with Gasteiger partial charge in [0.25, 0.3) is 5.91 Å². The van der Waals surface area contributed by atoms with Gasteiger partial charge in [0.15, 0.2) is 5.82 Å². The lowest BCUT2D eigenvalue weighted by atomic mass is 10.0. The van der Waals surface area contributed by atoms with Gasteiger partial charge in [-0.25, -0.2) is 9.37 Å². The maximum Gasteiger partial charge on any atom is 0.257 e. The summed E-state index contributed by atoms with van der Waals surface area (Å²) in [6.07, 6.45) is 1.92. The summed E-state index contributed by atoms with van der Waals surface area (Å²) in [5.74, 6) is -0.799. The van der Waals surface area contributed by atoms with Crippen molar-refractivity contribution in [1.29, 1.82) is 0 Å². The number of aromatic amines is 1. The summed E-state index contributed by atoms with van der Waals surface area (Å²) < 4.78 is 14.1. The van der Waals surface area contributed by atoms with E-state index in [9.17, 15) is 14.0 Å². The zero-order valence-electron chi connectivity index (χ0n) is 13.4. The third kappa shape index (κ3) is 3.30. The molecule has 1 atom stereocenters. The molecular weight excluding hydrogens is 323 g/mol. The zero-order chi connectivity index (χ0) is 17.8. The summed E-state index contributed by atoms with van der Waals surface area (Å²) in [6, 6.07) is 12.3. The van der Waals surface area contributed by atoms with Crippen LogP contribution in [0, 0.1) is 5.82 Å². The zero-order valence-corrected chi connectivity index (χ0v) is 13.4. The van der Waals surface area contributed by atoms with E-state index in [1.807, 2.05) is 30.3 Å². The minimum Gasteiger partial charge on any atom is -0.327 e. The number of rotatable bonds is 5. The first kappa shape index (κ1) is 16.5. The number of carbonyl (C=O) groups excluding carboxylic acids is 2. The van der Waals surface area contributed by atoms with Crippen molar-refractivity contribution in [1.82, 2.24) is 20.1 Å². The predicted molar refractivity (Wildman–Crippen MR) is 88.5 cm³/mol. The van der Waals surface area contributed by atoms with Gasteiger partial charge in [0.2, 0.25) is 0 Å². The first-order chi connectivity index (χ1) is 12.1. The Kier molecular flexibility index (Phi) is 4.65. The highest BCUT2D eigenvalue weighted by Gasteiger charge is 2.28. The van der Waals surface area contributed by atoms with Gasteiger partial charge in [-0.15, -0.1) is 0 Å². The first-order valence-electron chi connectivity index (χ1n) is 7.54. The van der Waals surface area contributed by atoms with E-state index in [2.05, 4.69) is 15.2 Å². The van der Waals surface area contributed by atoms with Gasteiger partial charge in [0.1, 0.15) is 24.5 Å². The van der Waals surface area contributed by atoms with E-state index in [1.165, 1.54) is 23.4 Å². The van der Waals surface area contributed by atoms with Crippen LogP contribution in [0.3, 0.4) is 0 Å². The van der Waals surface area contributed by atoms with Gasteiger partial charge >= 0.3 is 0 Å². The van der Waals surface area contributed by atoms with Crippen LogP contribution in [-0.4, -0.2) is 39.3 Å². The molecule has 1 N–H and O–H groups in total. The summed E-state index contributed by atoms with van der Waals surface area (Å²) >= 11 is 0. The van der Waals surface area contributed by atoms with Gasteiger partial charge in [-0.1, -0.05) is 30.3 Å². The smallest absolute Gasteiger partial charge is 0.257 e. The van der Waals surface area contributed by atoms with E-state index < -0.39 is 17.8 Å². The molecule has 0 aliphatic rings. The number of amides is 1. The van der Waals surface area contributed by atoms with Crippen molar-refractivity contribution in [3.63, 3.8) is 0 Å². The number of nitrogens with zero attached hydrogens (tertiary/aromatic N) is 3. The monoisotopic (exact) mass is 338 g/mol. The van der Waals surface area contributed by atoms with E-state index in [4.69, 9.17) is 0 Å². The number of carbonyl (C=O) groups is 2. The first-order valence-corrected chi connectivity index (χ1v) is 7.54. The summed E-state index contributed by atoms with van der Waals surface area (Å²) in [5.41, 5.74) is 0.851. The number of aldehydes is 1. The normalized spacial score (nSPS) is 11.8. The lowest BCUT2D eigenvalue weighted by molar-refractivity contribution is 0.0745. The van der Waals surface area contributed by atoms with Crippen LogP contribution in [0.25, 0.3) is 0 Å². The van der Waals surface area contributed by atoms with Crippen molar-refractivity contribution in [2.45, 2.75) is 6.04 Å². The molecule has 0 aliphatic heterocycles. The number of benzene rings is 2. The molecule has 0 saturated heterocycles. The van der Waals surface area contributed by atoms with Crippen LogP contribution in [0.2, 0.25) is 0 Å². The Hall–Kier alpha value is -3.35. The average Bonchev–Trinajstić information content (AvgIpc) is 3.17. The largest absolute Gasteiger partial charge is 0.327 e. The second-order valence-electron chi connectivity index (χ2n) is 5.46. The molecule has 7 heteroatoms. The fraction of sp³-hybridized carbons (Fsp3) is 0.111. The Balaban J connectivity index is 2.02. The molecule has 1 amide bonds. The SMILES string of the molecule is CN(C(=O)c1cc(C=O)ccc1F)C(c1ccccc1)c1ncn[nH]1. The van der Waals surface area contributed by atoms with E-state index in [1.54, 1.807) is 7.05 Å². The summed E-state index contributed by atoms with van der Waals surface area (Å²) in [5, 5.41) is 6.59. The van der Waals surface area contributed by atoms with Crippen molar-refractivity contribution < 1.29 is 14.0 Å². The molecule has 25 heavy (non-hydrogen) atoms. The topological polar surface area (TPSA) is 79.0 Å². The maximum atomic E-state index is 14.1. The summed E-state index contributed by atoms with van der Waals surface area (Å²) in [4.78, 5) is 29.3. The second kappa shape index (κ2) is 7.04. The summed E-state index contributed by atoms with van der Waals surface area (Å²) in [7, 11) is 1.55. The van der Waals surface area contributed by atoms with Crippen molar-refractivity contribution in [2.75, 3.05) is 7.05 Å².